The Bertz CT molecular complexity index is 1120. The van der Waals surface area contributed by atoms with Crippen LogP contribution >= 0.6 is 11.3 Å². The van der Waals surface area contributed by atoms with Crippen LogP contribution in [-0.4, -0.2) is 53.9 Å². The first-order valence-corrected chi connectivity index (χ1v) is 12.0. The van der Waals surface area contributed by atoms with Gasteiger partial charge in [-0.1, -0.05) is 30.3 Å². The van der Waals surface area contributed by atoms with Gasteiger partial charge in [-0.2, -0.15) is 4.31 Å². The van der Waals surface area contributed by atoms with Crippen molar-refractivity contribution in [1.82, 2.24) is 19.4 Å². The zero-order valence-electron chi connectivity index (χ0n) is 16.5. The molecule has 1 amide bonds. The molecular weight excluding hydrogens is 424 g/mol. The molecule has 158 valence electrons. The fourth-order valence-corrected chi connectivity index (χ4v) is 5.82. The number of thiophene rings is 1. The molecule has 0 unspecified atom stereocenters. The smallest absolute Gasteiger partial charge is 0.311 e. The van der Waals surface area contributed by atoms with Crippen molar-refractivity contribution in [3.63, 3.8) is 0 Å². The maximum Gasteiger partial charge on any atom is 0.311 e. The summed E-state index contributed by atoms with van der Waals surface area (Å²) in [4.78, 5) is 14.2. The molecule has 0 N–H and O–H groups in total. The minimum Gasteiger partial charge on any atom is -0.412 e. The van der Waals surface area contributed by atoms with Crippen LogP contribution < -0.4 is 0 Å². The number of hydrogen-bond acceptors (Lipinski definition) is 7. The Morgan fingerprint density at radius 3 is 2.63 bits per heavy atom. The minimum atomic E-state index is -3.66. The van der Waals surface area contributed by atoms with Gasteiger partial charge in [-0.25, -0.2) is 8.42 Å². The van der Waals surface area contributed by atoms with E-state index >= 15 is 0 Å². The lowest BCUT2D eigenvalue weighted by Crippen LogP contribution is -2.35. The van der Waals surface area contributed by atoms with Crippen molar-refractivity contribution in [2.75, 3.05) is 20.1 Å². The van der Waals surface area contributed by atoms with Gasteiger partial charge in [-0.05, 0) is 30.9 Å². The quantitative estimate of drug-likeness (QED) is 0.577. The average Bonchev–Trinajstić information content (AvgIpc) is 3.44. The molecule has 30 heavy (non-hydrogen) atoms. The molecule has 3 aromatic rings. The summed E-state index contributed by atoms with van der Waals surface area (Å²) in [5.74, 6) is -0.207. The molecular formula is C20H22N4O4S2. The van der Waals surface area contributed by atoms with E-state index in [0.29, 0.717) is 18.7 Å². The van der Waals surface area contributed by atoms with Crippen molar-refractivity contribution >= 4 is 27.3 Å². The number of carbonyl (C=O) groups excluding carboxylic acids is 1. The summed E-state index contributed by atoms with van der Waals surface area (Å²) in [6.45, 7) is 1.64. The predicted molar refractivity (Wildman–Crippen MR) is 112 cm³/mol. The standard InChI is InChI=1S/C20H22N4O4S2/c1-23(13-15-8-4-2-5-9-15)30(26,27)17-12-16(14-29-17)18-21-22-19(28-18)20(25)24-10-6-3-7-11-24/h2,4-5,8-9,12,14H,3,6-7,10-11,13H2,1H3. The number of carbonyl (C=O) groups is 1. The molecule has 0 saturated carbocycles. The van der Waals surface area contributed by atoms with Crippen LogP contribution in [0.25, 0.3) is 11.5 Å². The van der Waals surface area contributed by atoms with Crippen LogP contribution in [0.3, 0.4) is 0 Å². The number of amides is 1. The highest BCUT2D eigenvalue weighted by Gasteiger charge is 2.26. The molecule has 1 aromatic carbocycles. The lowest BCUT2D eigenvalue weighted by atomic mass is 10.1. The Hall–Kier alpha value is -2.56. The lowest BCUT2D eigenvalue weighted by Gasteiger charge is -2.24. The molecule has 1 fully saturated rings. The fraction of sp³-hybridized carbons (Fsp3) is 0.350. The third-order valence-corrected chi connectivity index (χ3v) is 8.20. The van der Waals surface area contributed by atoms with Gasteiger partial charge in [-0.3, -0.25) is 4.79 Å². The first-order chi connectivity index (χ1) is 14.4. The molecule has 3 heterocycles. The lowest BCUT2D eigenvalue weighted by molar-refractivity contribution is 0.0684. The van der Waals surface area contributed by atoms with Crippen LogP contribution in [0.4, 0.5) is 0 Å². The molecule has 4 rings (SSSR count). The number of rotatable bonds is 6. The van der Waals surface area contributed by atoms with E-state index < -0.39 is 10.0 Å². The fourth-order valence-electron chi connectivity index (χ4n) is 3.30. The summed E-state index contributed by atoms with van der Waals surface area (Å²) in [7, 11) is -2.12. The molecule has 2 aromatic heterocycles. The Morgan fingerprint density at radius 1 is 1.17 bits per heavy atom. The van der Waals surface area contributed by atoms with Crippen LogP contribution in [0.2, 0.25) is 0 Å². The van der Waals surface area contributed by atoms with Gasteiger partial charge in [0.1, 0.15) is 4.21 Å². The van der Waals surface area contributed by atoms with Gasteiger partial charge in [0, 0.05) is 32.1 Å². The molecule has 8 nitrogen and oxygen atoms in total. The number of aromatic nitrogens is 2. The summed E-state index contributed by atoms with van der Waals surface area (Å²) in [5.41, 5.74) is 1.38. The summed E-state index contributed by atoms with van der Waals surface area (Å²) in [6.07, 6.45) is 3.05. The van der Waals surface area contributed by atoms with Crippen LogP contribution in [0.15, 0.2) is 50.4 Å². The largest absolute Gasteiger partial charge is 0.412 e. The van der Waals surface area contributed by atoms with Gasteiger partial charge < -0.3 is 9.32 Å². The number of hydrogen-bond donors (Lipinski definition) is 0. The van der Waals surface area contributed by atoms with Crippen molar-refractivity contribution in [1.29, 1.82) is 0 Å². The summed E-state index contributed by atoms with van der Waals surface area (Å²) < 4.78 is 32.9. The molecule has 0 spiro atoms. The van der Waals surface area contributed by atoms with E-state index in [9.17, 15) is 13.2 Å². The number of benzene rings is 1. The van der Waals surface area contributed by atoms with Crippen molar-refractivity contribution in [2.24, 2.45) is 0 Å². The monoisotopic (exact) mass is 446 g/mol. The number of likely N-dealkylation sites (tertiary alicyclic amines) is 1. The van der Waals surface area contributed by atoms with Gasteiger partial charge >= 0.3 is 11.8 Å². The Kier molecular flexibility index (Phi) is 5.98. The van der Waals surface area contributed by atoms with E-state index in [-0.39, 0.29) is 28.4 Å². The highest BCUT2D eigenvalue weighted by atomic mass is 32.2. The van der Waals surface area contributed by atoms with Gasteiger partial charge in [0.2, 0.25) is 5.89 Å². The Labute approximate surface area is 179 Å². The van der Waals surface area contributed by atoms with Crippen molar-refractivity contribution in [2.45, 2.75) is 30.0 Å². The maximum absolute atomic E-state index is 12.9. The SMILES string of the molecule is CN(Cc1ccccc1)S(=O)(=O)c1cc(-c2nnc(C(=O)N3CCCCC3)o2)cs1. The molecule has 1 aliphatic heterocycles. The predicted octanol–water partition coefficient (Wildman–Crippen LogP) is 3.24. The average molecular weight is 447 g/mol. The van der Waals surface area contributed by atoms with E-state index in [4.69, 9.17) is 4.42 Å². The van der Waals surface area contributed by atoms with Crippen LogP contribution in [-0.2, 0) is 16.6 Å². The maximum atomic E-state index is 12.9. The zero-order valence-corrected chi connectivity index (χ0v) is 18.2. The molecule has 0 atom stereocenters. The second-order valence-corrected chi connectivity index (χ2v) is 10.3. The highest BCUT2D eigenvalue weighted by molar-refractivity contribution is 7.91. The van der Waals surface area contributed by atoms with Gasteiger partial charge in [0.15, 0.2) is 0 Å². The van der Waals surface area contributed by atoms with Crippen LogP contribution in [0.5, 0.6) is 0 Å². The zero-order chi connectivity index (χ0) is 21.1. The van der Waals surface area contributed by atoms with E-state index in [0.717, 1.165) is 36.2 Å². The summed E-state index contributed by atoms with van der Waals surface area (Å²) in [6, 6.07) is 10.9. The van der Waals surface area contributed by atoms with Crippen molar-refractivity contribution in [3.05, 3.63) is 53.2 Å². The highest BCUT2D eigenvalue weighted by Crippen LogP contribution is 2.30. The topological polar surface area (TPSA) is 96.6 Å². The van der Waals surface area contributed by atoms with Gasteiger partial charge in [0.05, 0.1) is 5.56 Å². The van der Waals surface area contributed by atoms with Gasteiger partial charge in [0.25, 0.3) is 10.0 Å². The molecule has 0 radical (unpaired) electrons. The Morgan fingerprint density at radius 2 is 1.90 bits per heavy atom. The van der Waals surface area contributed by atoms with Crippen LogP contribution in [0.1, 0.15) is 35.5 Å². The molecule has 0 bridgehead atoms. The number of piperidine rings is 1. The summed E-state index contributed by atoms with van der Waals surface area (Å²) in [5, 5.41) is 9.46. The molecule has 1 aliphatic rings. The minimum absolute atomic E-state index is 0.0660. The van der Waals surface area contributed by atoms with Crippen LogP contribution in [0, 0.1) is 0 Å². The molecule has 1 saturated heterocycles. The van der Waals surface area contributed by atoms with E-state index in [1.165, 1.54) is 10.4 Å². The molecule has 10 heteroatoms. The third-order valence-electron chi connectivity index (χ3n) is 4.99. The first kappa shape index (κ1) is 20.7. The van der Waals surface area contributed by atoms with Crippen molar-refractivity contribution < 1.29 is 17.6 Å². The van der Waals surface area contributed by atoms with Crippen molar-refractivity contribution in [3.8, 4) is 11.5 Å². The third kappa shape index (κ3) is 4.30. The number of nitrogens with zero attached hydrogens (tertiary/aromatic N) is 4. The normalized spacial score (nSPS) is 14.9. The van der Waals surface area contributed by atoms with E-state index in [2.05, 4.69) is 10.2 Å². The summed E-state index contributed by atoms with van der Waals surface area (Å²) >= 11 is 1.08. The first-order valence-electron chi connectivity index (χ1n) is 9.67. The molecule has 0 aliphatic carbocycles. The van der Waals surface area contributed by atoms with Gasteiger partial charge in [-0.15, -0.1) is 21.5 Å². The number of sulfonamides is 1. The Balaban J connectivity index is 1.50. The van der Waals surface area contributed by atoms with E-state index in [1.54, 1.807) is 17.3 Å². The second-order valence-electron chi connectivity index (χ2n) is 7.17. The van der Waals surface area contributed by atoms with E-state index in [1.807, 2.05) is 30.3 Å². The second kappa shape index (κ2) is 8.66.